The summed E-state index contributed by atoms with van der Waals surface area (Å²) in [6, 6.07) is 5.84. The first-order valence-corrected chi connectivity index (χ1v) is 7.44. The fourth-order valence-electron chi connectivity index (χ4n) is 3.07. The molecule has 3 heterocycles. The number of hydrogen-bond acceptors (Lipinski definition) is 4. The quantitative estimate of drug-likeness (QED) is 0.857. The van der Waals surface area contributed by atoms with Crippen molar-refractivity contribution in [1.82, 2.24) is 14.9 Å². The van der Waals surface area contributed by atoms with E-state index in [1.165, 1.54) is 9.69 Å². The van der Waals surface area contributed by atoms with E-state index in [1.54, 1.807) is 0 Å². The second-order valence-electron chi connectivity index (χ2n) is 5.59. The Labute approximate surface area is 126 Å². The molecule has 22 heavy (non-hydrogen) atoms. The number of benzene rings is 1. The number of nitrogens with zero attached hydrogens (tertiary/aromatic N) is 3. The Hall–Kier alpha value is -2.57. The molecule has 1 aromatic heterocycles. The van der Waals surface area contributed by atoms with E-state index in [-0.39, 0.29) is 18.0 Å². The van der Waals surface area contributed by atoms with Crippen LogP contribution in [0.2, 0.25) is 0 Å². The summed E-state index contributed by atoms with van der Waals surface area (Å²) in [5.74, 6) is 1.43. The van der Waals surface area contributed by atoms with Crippen LogP contribution in [-0.2, 0) is 24.1 Å². The number of amides is 1. The molecule has 0 bridgehead atoms. The highest BCUT2D eigenvalue weighted by Gasteiger charge is 2.25. The number of ether oxygens (including phenoxy) is 1. The van der Waals surface area contributed by atoms with Crippen LogP contribution in [0.3, 0.4) is 0 Å². The highest BCUT2D eigenvalue weighted by molar-refractivity contribution is 5.88. The summed E-state index contributed by atoms with van der Waals surface area (Å²) in [5.41, 5.74) is 1.73. The van der Waals surface area contributed by atoms with Gasteiger partial charge in [0.15, 0.2) is 5.82 Å². The number of aromatic nitrogens is 3. The van der Waals surface area contributed by atoms with Gasteiger partial charge < -0.3 is 4.74 Å². The first-order chi connectivity index (χ1) is 10.7. The Balaban J connectivity index is 1.58. The van der Waals surface area contributed by atoms with Crippen LogP contribution in [0, 0.1) is 0 Å². The fraction of sp³-hybridized carbons (Fsp3) is 0.400. The Morgan fingerprint density at radius 3 is 3.18 bits per heavy atom. The lowest BCUT2D eigenvalue weighted by Gasteiger charge is -2.27. The van der Waals surface area contributed by atoms with Crippen molar-refractivity contribution in [3.63, 3.8) is 0 Å². The summed E-state index contributed by atoms with van der Waals surface area (Å²) in [5, 5.41) is 7.86. The van der Waals surface area contributed by atoms with Gasteiger partial charge in [0, 0.05) is 19.4 Å². The molecule has 0 spiro atoms. The highest BCUT2D eigenvalue weighted by Crippen LogP contribution is 2.26. The van der Waals surface area contributed by atoms with Gasteiger partial charge in [-0.2, -0.15) is 9.77 Å². The molecule has 0 saturated heterocycles. The second kappa shape index (κ2) is 5.01. The molecule has 114 valence electrons. The van der Waals surface area contributed by atoms with Gasteiger partial charge in [0.1, 0.15) is 5.75 Å². The normalized spacial score (nSPS) is 16.1. The Kier molecular flexibility index (Phi) is 2.99. The van der Waals surface area contributed by atoms with Crippen molar-refractivity contribution >= 4 is 5.91 Å². The van der Waals surface area contributed by atoms with Crippen LogP contribution in [0.1, 0.15) is 23.4 Å². The van der Waals surface area contributed by atoms with Gasteiger partial charge in [0.05, 0.1) is 13.0 Å². The van der Waals surface area contributed by atoms with Gasteiger partial charge in [0.2, 0.25) is 5.91 Å². The van der Waals surface area contributed by atoms with E-state index < -0.39 is 0 Å². The maximum absolute atomic E-state index is 12.6. The lowest BCUT2D eigenvalue weighted by atomic mass is 10.1. The molecule has 0 fully saturated rings. The van der Waals surface area contributed by atoms with Gasteiger partial charge in [-0.1, -0.05) is 12.1 Å². The molecule has 2 aliphatic heterocycles. The smallest absolute Gasteiger partial charge is 0.362 e. The number of nitrogens with one attached hydrogen (secondary N) is 1. The Bertz CT molecular complexity index is 792. The maximum Gasteiger partial charge on any atom is 0.362 e. The number of rotatable bonds is 2. The monoisotopic (exact) mass is 300 g/mol. The number of aryl methyl sites for hydroxylation is 1. The van der Waals surface area contributed by atoms with E-state index in [2.05, 4.69) is 10.2 Å². The predicted molar refractivity (Wildman–Crippen MR) is 78.6 cm³/mol. The molecule has 2 aromatic rings. The van der Waals surface area contributed by atoms with Gasteiger partial charge >= 0.3 is 5.69 Å². The van der Waals surface area contributed by atoms with Gasteiger partial charge in [-0.25, -0.2) is 14.9 Å². The van der Waals surface area contributed by atoms with Crippen LogP contribution in [0.4, 0.5) is 0 Å². The maximum atomic E-state index is 12.6. The predicted octanol–water partition coefficient (Wildman–Crippen LogP) is 0.160. The van der Waals surface area contributed by atoms with Crippen molar-refractivity contribution in [2.24, 2.45) is 0 Å². The first-order valence-electron chi connectivity index (χ1n) is 7.44. The molecule has 0 radical (unpaired) electrons. The van der Waals surface area contributed by atoms with E-state index >= 15 is 0 Å². The van der Waals surface area contributed by atoms with E-state index in [0.717, 1.165) is 29.7 Å². The summed E-state index contributed by atoms with van der Waals surface area (Å²) in [7, 11) is 0. The number of carbonyl (C=O) groups excluding carboxylic acids is 1. The van der Waals surface area contributed by atoms with Crippen molar-refractivity contribution in [2.45, 2.75) is 25.7 Å². The summed E-state index contributed by atoms with van der Waals surface area (Å²) < 4.78 is 6.84. The molecule has 7 nitrogen and oxygen atoms in total. The number of H-pyrrole nitrogens is 1. The molecule has 0 atom stereocenters. The number of aromatic amines is 1. The molecule has 1 amide bonds. The SMILES string of the molecule is O=C(Cc1ccc2c(c1)CCO2)N1CCCc2n[nH]c(=O)n21. The van der Waals surface area contributed by atoms with E-state index in [1.807, 2.05) is 18.2 Å². The molecule has 0 aliphatic carbocycles. The van der Waals surface area contributed by atoms with Gasteiger partial charge in [-0.05, 0) is 23.6 Å². The van der Waals surface area contributed by atoms with E-state index in [4.69, 9.17) is 4.74 Å². The number of hydrogen-bond donors (Lipinski definition) is 1. The minimum absolute atomic E-state index is 0.0942. The highest BCUT2D eigenvalue weighted by atomic mass is 16.5. The lowest BCUT2D eigenvalue weighted by molar-refractivity contribution is -0.119. The summed E-state index contributed by atoms with van der Waals surface area (Å²) in [4.78, 5) is 24.4. The fourth-order valence-corrected chi connectivity index (χ4v) is 3.07. The van der Waals surface area contributed by atoms with Gasteiger partial charge in [-0.15, -0.1) is 0 Å². The molecule has 1 aromatic carbocycles. The number of carbonyl (C=O) groups is 1. The van der Waals surface area contributed by atoms with Crippen molar-refractivity contribution in [3.05, 3.63) is 45.6 Å². The van der Waals surface area contributed by atoms with Crippen LogP contribution in [-0.4, -0.2) is 33.9 Å². The first kappa shape index (κ1) is 13.1. The average molecular weight is 300 g/mol. The van der Waals surface area contributed by atoms with Gasteiger partial charge in [-0.3, -0.25) is 4.79 Å². The zero-order valence-electron chi connectivity index (χ0n) is 12.0. The molecule has 4 rings (SSSR count). The molecule has 2 aliphatic rings. The summed E-state index contributed by atoms with van der Waals surface area (Å²) in [6.45, 7) is 1.24. The minimum atomic E-state index is -0.356. The standard InChI is InChI=1S/C15H16N4O3/c20-14(9-10-3-4-12-11(8-10)5-7-22-12)18-6-1-2-13-16-17-15(21)19(13)18/h3-4,8H,1-2,5-7,9H2,(H,17,21). The van der Waals surface area contributed by atoms with Crippen molar-refractivity contribution in [3.8, 4) is 5.75 Å². The zero-order valence-corrected chi connectivity index (χ0v) is 12.0. The van der Waals surface area contributed by atoms with Crippen LogP contribution in [0.15, 0.2) is 23.0 Å². The van der Waals surface area contributed by atoms with Gasteiger partial charge in [0.25, 0.3) is 0 Å². The van der Waals surface area contributed by atoms with Crippen LogP contribution in [0.5, 0.6) is 5.75 Å². The third kappa shape index (κ3) is 2.09. The van der Waals surface area contributed by atoms with Crippen LogP contribution in [0.25, 0.3) is 0 Å². The molecule has 0 saturated carbocycles. The molecule has 0 unspecified atom stereocenters. The summed E-state index contributed by atoms with van der Waals surface area (Å²) >= 11 is 0. The Morgan fingerprint density at radius 2 is 2.27 bits per heavy atom. The minimum Gasteiger partial charge on any atom is -0.493 e. The lowest BCUT2D eigenvalue weighted by Crippen LogP contribution is -2.50. The molecule has 1 N–H and O–H groups in total. The van der Waals surface area contributed by atoms with Crippen molar-refractivity contribution in [2.75, 3.05) is 18.2 Å². The molecular formula is C15H16N4O3. The zero-order chi connectivity index (χ0) is 15.1. The third-order valence-corrected chi connectivity index (χ3v) is 4.13. The largest absolute Gasteiger partial charge is 0.493 e. The third-order valence-electron chi connectivity index (χ3n) is 4.13. The molecular weight excluding hydrogens is 284 g/mol. The Morgan fingerprint density at radius 1 is 1.36 bits per heavy atom. The topological polar surface area (TPSA) is 80.2 Å². The molecule has 7 heteroatoms. The second-order valence-corrected chi connectivity index (χ2v) is 5.59. The van der Waals surface area contributed by atoms with E-state index in [9.17, 15) is 9.59 Å². The average Bonchev–Trinajstić information content (AvgIpc) is 3.13. The van der Waals surface area contributed by atoms with Crippen molar-refractivity contribution < 1.29 is 9.53 Å². The summed E-state index contributed by atoms with van der Waals surface area (Å²) in [6.07, 6.45) is 2.67. The van der Waals surface area contributed by atoms with Crippen LogP contribution >= 0.6 is 0 Å². The van der Waals surface area contributed by atoms with Crippen molar-refractivity contribution in [1.29, 1.82) is 0 Å². The van der Waals surface area contributed by atoms with Crippen LogP contribution < -0.4 is 15.4 Å². The number of fused-ring (bicyclic) bond motifs is 2. The van der Waals surface area contributed by atoms with E-state index in [0.29, 0.717) is 25.4 Å².